The molecule has 0 radical (unpaired) electrons. The predicted molar refractivity (Wildman–Crippen MR) is 287 cm³/mol. The van der Waals surface area contributed by atoms with Crippen molar-refractivity contribution in [1.82, 2.24) is 5.32 Å². The van der Waals surface area contributed by atoms with Crippen molar-refractivity contribution in [1.29, 1.82) is 0 Å². The first-order chi connectivity index (χ1) is 34.0. The summed E-state index contributed by atoms with van der Waals surface area (Å²) >= 11 is 0. The second-order valence-corrected chi connectivity index (χ2v) is 21.6. The third-order valence-corrected chi connectivity index (χ3v) is 14.4. The van der Waals surface area contributed by atoms with E-state index in [-0.39, 0.29) is 18.9 Å². The van der Waals surface area contributed by atoms with Crippen molar-refractivity contribution in [3.05, 3.63) is 24.3 Å². The Morgan fingerprint density at radius 1 is 0.557 bits per heavy atom. The third-order valence-electron chi connectivity index (χ3n) is 14.0. The monoisotopic (exact) mass is 1020 g/mol. The standard InChI is InChI=1S/C57H109NO11S/c1-3-5-7-9-11-13-15-17-18-19-20-21-22-23-24-25-26-27-28-29-30-31-32-33-34-35-37-39-41-43-45-47-53(61)58-50(51(60)46-44-42-40-38-36-16-14-12-10-8-6-4-2)49-67-57-55(63)56(69-70(64,65)66)54(62)52(48-59)68-57/h23-24,44,46,50-52,54-57,59-60,62-63H,3-22,25-43,45,47-49H2,1-2H3,(H,58,61)(H,64,65,66)/b24-23-,46-44+. The maximum atomic E-state index is 13.1. The SMILES string of the molecule is CCCCCCCCCCCC/C=C/C(O)C(COC1OC(CO)C(O)C(OS(=O)(=O)O)C1O)NC(=O)CCCCCCCCCCCCCCCCC/C=C\CCCCCCCCCCCCCC. The van der Waals surface area contributed by atoms with Gasteiger partial charge in [-0.05, 0) is 44.9 Å². The molecule has 414 valence electrons. The molecule has 7 atom stereocenters. The average molecular weight is 1020 g/mol. The Balaban J connectivity index is 2.24. The molecule has 0 aromatic rings. The van der Waals surface area contributed by atoms with Gasteiger partial charge in [0.15, 0.2) is 6.29 Å². The molecule has 0 aromatic carbocycles. The average Bonchev–Trinajstić information content (AvgIpc) is 3.33. The largest absolute Gasteiger partial charge is 0.397 e. The first-order valence-electron chi connectivity index (χ1n) is 29.2. The first-order valence-corrected chi connectivity index (χ1v) is 30.6. The summed E-state index contributed by atoms with van der Waals surface area (Å²) in [5.74, 6) is -0.260. The Hall–Kier alpha value is -1.42. The quantitative estimate of drug-likeness (QED) is 0.0193. The van der Waals surface area contributed by atoms with Crippen molar-refractivity contribution >= 4 is 16.3 Å². The van der Waals surface area contributed by atoms with Gasteiger partial charge in [0.25, 0.3) is 0 Å². The fourth-order valence-electron chi connectivity index (χ4n) is 9.45. The van der Waals surface area contributed by atoms with Crippen LogP contribution < -0.4 is 5.32 Å². The van der Waals surface area contributed by atoms with E-state index in [2.05, 4.69) is 35.5 Å². The molecule has 1 fully saturated rings. The highest BCUT2D eigenvalue weighted by molar-refractivity contribution is 7.80. The van der Waals surface area contributed by atoms with E-state index < -0.39 is 59.9 Å². The number of hydrogen-bond donors (Lipinski definition) is 6. The number of rotatable bonds is 51. The number of hydrogen-bond acceptors (Lipinski definition) is 10. The summed E-state index contributed by atoms with van der Waals surface area (Å²) in [6.45, 7) is 3.41. The number of aliphatic hydroxyl groups excluding tert-OH is 4. The Morgan fingerprint density at radius 3 is 1.29 bits per heavy atom. The number of carbonyl (C=O) groups excluding carboxylic acids is 1. The highest BCUT2D eigenvalue weighted by atomic mass is 32.3. The summed E-state index contributed by atoms with van der Waals surface area (Å²) < 4.78 is 47.7. The van der Waals surface area contributed by atoms with E-state index in [1.807, 2.05) is 6.08 Å². The fraction of sp³-hybridized carbons (Fsp3) is 0.912. The number of nitrogens with one attached hydrogen (secondary N) is 1. The molecule has 12 nitrogen and oxygen atoms in total. The van der Waals surface area contributed by atoms with Gasteiger partial charge >= 0.3 is 10.4 Å². The highest BCUT2D eigenvalue weighted by Gasteiger charge is 2.48. The summed E-state index contributed by atoms with van der Waals surface area (Å²) in [6, 6.07) is -0.941. The van der Waals surface area contributed by atoms with Crippen LogP contribution in [0.25, 0.3) is 0 Å². The predicted octanol–water partition coefficient (Wildman–Crippen LogP) is 13.6. The number of carbonyl (C=O) groups is 1. The van der Waals surface area contributed by atoms with Crippen LogP contribution in [0, 0.1) is 0 Å². The van der Waals surface area contributed by atoms with Gasteiger partial charge in [0, 0.05) is 6.42 Å². The summed E-state index contributed by atoms with van der Waals surface area (Å²) in [4.78, 5) is 13.1. The van der Waals surface area contributed by atoms with Gasteiger partial charge in [0.1, 0.15) is 24.4 Å². The van der Waals surface area contributed by atoms with Gasteiger partial charge in [-0.25, -0.2) is 4.18 Å². The Bertz CT molecular complexity index is 1330. The van der Waals surface area contributed by atoms with E-state index >= 15 is 0 Å². The minimum Gasteiger partial charge on any atom is -0.394 e. The lowest BCUT2D eigenvalue weighted by molar-refractivity contribution is -0.298. The molecular weight excluding hydrogens is 907 g/mol. The van der Waals surface area contributed by atoms with Gasteiger partial charge < -0.3 is 35.2 Å². The highest BCUT2D eigenvalue weighted by Crippen LogP contribution is 2.26. The van der Waals surface area contributed by atoms with E-state index in [1.54, 1.807) is 6.08 Å². The summed E-state index contributed by atoms with van der Waals surface area (Å²) in [5, 5.41) is 44.8. The Labute approximate surface area is 429 Å². The van der Waals surface area contributed by atoms with Crippen molar-refractivity contribution in [3.8, 4) is 0 Å². The molecular formula is C57H109NO11S. The van der Waals surface area contributed by atoms with Crippen molar-refractivity contribution in [2.75, 3.05) is 13.2 Å². The van der Waals surface area contributed by atoms with Gasteiger partial charge in [-0.3, -0.25) is 9.35 Å². The van der Waals surface area contributed by atoms with Crippen LogP contribution in [0.2, 0.25) is 0 Å². The maximum Gasteiger partial charge on any atom is 0.397 e. The fourth-order valence-corrected chi connectivity index (χ4v) is 9.96. The minimum atomic E-state index is -5.09. The molecule has 1 heterocycles. The molecule has 6 N–H and O–H groups in total. The lowest BCUT2D eigenvalue weighted by atomic mass is 9.99. The van der Waals surface area contributed by atoms with Crippen LogP contribution in [-0.2, 0) is 28.9 Å². The summed E-state index contributed by atoms with van der Waals surface area (Å²) in [5.41, 5.74) is 0. The summed E-state index contributed by atoms with van der Waals surface area (Å²) in [6.07, 6.45) is 49.6. The van der Waals surface area contributed by atoms with Crippen LogP contribution in [0.4, 0.5) is 0 Å². The number of ether oxygens (including phenoxy) is 2. The van der Waals surface area contributed by atoms with Crippen LogP contribution in [0.5, 0.6) is 0 Å². The van der Waals surface area contributed by atoms with Crippen LogP contribution in [0.1, 0.15) is 277 Å². The van der Waals surface area contributed by atoms with Gasteiger partial charge in [-0.15, -0.1) is 0 Å². The van der Waals surface area contributed by atoms with Crippen LogP contribution in [0.15, 0.2) is 24.3 Å². The van der Waals surface area contributed by atoms with E-state index in [9.17, 15) is 38.2 Å². The van der Waals surface area contributed by atoms with Crippen LogP contribution >= 0.6 is 0 Å². The maximum absolute atomic E-state index is 13.1. The first kappa shape index (κ1) is 66.6. The molecule has 1 amide bonds. The van der Waals surface area contributed by atoms with Gasteiger partial charge in [0.05, 0.1) is 25.4 Å². The summed E-state index contributed by atoms with van der Waals surface area (Å²) in [7, 11) is -5.09. The number of unbranched alkanes of at least 4 members (excludes halogenated alkanes) is 37. The van der Waals surface area contributed by atoms with Gasteiger partial charge in [-0.2, -0.15) is 8.42 Å². The smallest absolute Gasteiger partial charge is 0.394 e. The zero-order chi connectivity index (χ0) is 51.2. The van der Waals surface area contributed by atoms with E-state index in [0.717, 1.165) is 38.5 Å². The van der Waals surface area contributed by atoms with Crippen LogP contribution in [-0.4, -0.2) is 95.4 Å². The van der Waals surface area contributed by atoms with Crippen molar-refractivity contribution in [2.45, 2.75) is 320 Å². The second-order valence-electron chi connectivity index (χ2n) is 20.6. The number of amides is 1. The van der Waals surface area contributed by atoms with E-state index in [4.69, 9.17) is 9.47 Å². The van der Waals surface area contributed by atoms with Gasteiger partial charge in [-0.1, -0.05) is 250 Å². The third kappa shape index (κ3) is 39.1. The van der Waals surface area contributed by atoms with Crippen molar-refractivity contribution in [2.24, 2.45) is 0 Å². The molecule has 1 aliphatic heterocycles. The normalized spacial score (nSPS) is 19.7. The Kier molecular flexibility index (Phi) is 45.0. The molecule has 1 saturated heterocycles. The van der Waals surface area contributed by atoms with Crippen molar-refractivity contribution in [3.63, 3.8) is 0 Å². The molecule has 7 unspecified atom stereocenters. The number of allylic oxidation sites excluding steroid dienone is 3. The molecule has 0 saturated carbocycles. The zero-order valence-corrected chi connectivity index (χ0v) is 45.7. The van der Waals surface area contributed by atoms with Crippen molar-refractivity contribution < 1.29 is 51.8 Å². The molecule has 13 heteroatoms. The lowest BCUT2D eigenvalue weighted by Gasteiger charge is -2.41. The van der Waals surface area contributed by atoms with E-state index in [1.165, 1.54) is 212 Å². The molecule has 1 rings (SSSR count). The molecule has 70 heavy (non-hydrogen) atoms. The molecule has 0 aliphatic carbocycles. The molecule has 0 bridgehead atoms. The number of aliphatic hydroxyl groups is 4. The topological polar surface area (TPSA) is 192 Å². The zero-order valence-electron chi connectivity index (χ0n) is 44.9. The van der Waals surface area contributed by atoms with E-state index in [0.29, 0.717) is 6.42 Å². The van der Waals surface area contributed by atoms with Gasteiger partial charge in [0.2, 0.25) is 5.91 Å². The molecule has 0 spiro atoms. The minimum absolute atomic E-state index is 0.260. The van der Waals surface area contributed by atoms with Crippen LogP contribution in [0.3, 0.4) is 0 Å². The Morgan fingerprint density at radius 2 is 0.914 bits per heavy atom. The lowest BCUT2D eigenvalue weighted by Crippen LogP contribution is -2.61. The molecule has 0 aromatic heterocycles. The second kappa shape index (κ2) is 47.3. The molecule has 1 aliphatic rings.